The monoisotopic (exact) mass is 388 g/mol. The molecule has 3 heterocycles. The van der Waals surface area contributed by atoms with Crippen LogP contribution in [0.5, 0.6) is 0 Å². The molecule has 1 aliphatic carbocycles. The number of rotatable bonds is 6. The zero-order valence-electron chi connectivity index (χ0n) is 17.4. The van der Waals surface area contributed by atoms with Crippen molar-refractivity contribution in [2.75, 3.05) is 19.6 Å². The highest BCUT2D eigenvalue weighted by Gasteiger charge is 2.58. The second kappa shape index (κ2) is 8.42. The number of carbonyl (C=O) groups is 2. The van der Waals surface area contributed by atoms with Crippen LogP contribution in [0.1, 0.15) is 84.0 Å². The van der Waals surface area contributed by atoms with Gasteiger partial charge in [-0.1, -0.05) is 19.8 Å². The maximum atomic E-state index is 13.3. The van der Waals surface area contributed by atoms with E-state index in [0.29, 0.717) is 6.42 Å². The molecule has 0 radical (unpaired) electrons. The van der Waals surface area contributed by atoms with Gasteiger partial charge in [0.05, 0.1) is 11.6 Å². The Morgan fingerprint density at radius 1 is 1.11 bits per heavy atom. The SMILES string of the molecule is CCCCNC(=O)C[C@H]1CCC[C@@]23CCC[C@@H]2C(C(=O)N2CCCCC2)=NN13. The van der Waals surface area contributed by atoms with E-state index in [2.05, 4.69) is 17.2 Å². The quantitative estimate of drug-likeness (QED) is 0.711. The molecule has 156 valence electrons. The van der Waals surface area contributed by atoms with E-state index in [9.17, 15) is 9.59 Å². The lowest BCUT2D eigenvalue weighted by molar-refractivity contribution is -0.125. The van der Waals surface area contributed by atoms with Crippen LogP contribution >= 0.6 is 0 Å². The molecule has 1 spiro atoms. The highest BCUT2D eigenvalue weighted by Crippen LogP contribution is 2.52. The van der Waals surface area contributed by atoms with Crippen molar-refractivity contribution in [1.29, 1.82) is 0 Å². The van der Waals surface area contributed by atoms with Crippen LogP contribution in [0.2, 0.25) is 0 Å². The largest absolute Gasteiger partial charge is 0.356 e. The summed E-state index contributed by atoms with van der Waals surface area (Å²) >= 11 is 0. The zero-order valence-corrected chi connectivity index (χ0v) is 17.4. The van der Waals surface area contributed by atoms with Gasteiger partial charge < -0.3 is 10.2 Å². The number of piperidine rings is 2. The first kappa shape index (κ1) is 19.7. The third-order valence-electron chi connectivity index (χ3n) is 7.38. The molecule has 4 rings (SSSR count). The average Bonchev–Trinajstić information content (AvgIpc) is 3.25. The summed E-state index contributed by atoms with van der Waals surface area (Å²) in [4.78, 5) is 27.8. The average molecular weight is 389 g/mol. The van der Waals surface area contributed by atoms with E-state index in [-0.39, 0.29) is 29.3 Å². The molecule has 2 amide bonds. The fourth-order valence-corrected chi connectivity index (χ4v) is 5.96. The van der Waals surface area contributed by atoms with Gasteiger partial charge in [-0.05, 0) is 57.8 Å². The Balaban J connectivity index is 1.50. The van der Waals surface area contributed by atoms with E-state index in [0.717, 1.165) is 83.1 Å². The van der Waals surface area contributed by atoms with Crippen LogP contribution in [0, 0.1) is 5.92 Å². The molecular weight excluding hydrogens is 352 g/mol. The summed E-state index contributed by atoms with van der Waals surface area (Å²) in [6, 6.07) is 0.141. The zero-order chi connectivity index (χ0) is 19.6. The van der Waals surface area contributed by atoms with Gasteiger partial charge in [0.1, 0.15) is 5.71 Å². The summed E-state index contributed by atoms with van der Waals surface area (Å²) in [5.74, 6) is 0.579. The van der Waals surface area contributed by atoms with Gasteiger partial charge in [0.25, 0.3) is 5.91 Å². The fraction of sp³-hybridized carbons (Fsp3) is 0.864. The number of hydrogen-bond donors (Lipinski definition) is 1. The van der Waals surface area contributed by atoms with Gasteiger partial charge in [0.15, 0.2) is 0 Å². The first-order valence-corrected chi connectivity index (χ1v) is 11.6. The van der Waals surface area contributed by atoms with E-state index >= 15 is 0 Å². The first-order valence-electron chi connectivity index (χ1n) is 11.6. The lowest BCUT2D eigenvalue weighted by Gasteiger charge is -2.46. The molecule has 0 bridgehead atoms. The highest BCUT2D eigenvalue weighted by molar-refractivity contribution is 6.40. The number of unbranched alkanes of at least 4 members (excludes halogenated alkanes) is 1. The summed E-state index contributed by atoms with van der Waals surface area (Å²) in [5.41, 5.74) is 0.811. The lowest BCUT2D eigenvalue weighted by atomic mass is 9.76. The van der Waals surface area contributed by atoms with Crippen LogP contribution in [-0.4, -0.2) is 58.6 Å². The van der Waals surface area contributed by atoms with Crippen molar-refractivity contribution >= 4 is 17.5 Å². The minimum absolute atomic E-state index is 0.00734. The number of amides is 2. The summed E-state index contributed by atoms with van der Waals surface area (Å²) < 4.78 is 0. The molecule has 0 aromatic rings. The van der Waals surface area contributed by atoms with Crippen molar-refractivity contribution in [2.45, 2.75) is 95.6 Å². The standard InChI is InChI=1S/C22H36N4O2/c1-2-3-13-23-19(27)16-17-9-7-11-22-12-8-10-18(22)20(24-26(17)22)21(28)25-14-5-4-6-15-25/h17-18H,2-16H2,1H3,(H,23,27)/t17-,18-,22-/m1/s1. The molecule has 2 saturated heterocycles. The highest BCUT2D eigenvalue weighted by atomic mass is 16.2. The molecule has 3 atom stereocenters. The lowest BCUT2D eigenvalue weighted by Crippen LogP contribution is -2.54. The summed E-state index contributed by atoms with van der Waals surface area (Å²) in [6.45, 7) is 4.65. The minimum Gasteiger partial charge on any atom is -0.356 e. The maximum absolute atomic E-state index is 13.3. The van der Waals surface area contributed by atoms with Gasteiger partial charge in [-0.25, -0.2) is 0 Å². The van der Waals surface area contributed by atoms with Crippen molar-refractivity contribution in [3.05, 3.63) is 0 Å². The van der Waals surface area contributed by atoms with Crippen molar-refractivity contribution in [1.82, 2.24) is 15.2 Å². The summed E-state index contributed by atoms with van der Waals surface area (Å²) in [6.07, 6.45) is 12.7. The summed E-state index contributed by atoms with van der Waals surface area (Å²) in [5, 5.41) is 10.3. The minimum atomic E-state index is 0.00734. The molecule has 1 N–H and O–H groups in total. The molecule has 3 fully saturated rings. The maximum Gasteiger partial charge on any atom is 0.270 e. The molecule has 3 aliphatic heterocycles. The van der Waals surface area contributed by atoms with Gasteiger partial charge in [-0.3, -0.25) is 14.6 Å². The van der Waals surface area contributed by atoms with E-state index in [1.54, 1.807) is 0 Å². The van der Waals surface area contributed by atoms with Crippen molar-refractivity contribution in [3.63, 3.8) is 0 Å². The Morgan fingerprint density at radius 3 is 2.61 bits per heavy atom. The predicted octanol–water partition coefficient (Wildman–Crippen LogP) is 3.07. The van der Waals surface area contributed by atoms with Crippen molar-refractivity contribution in [2.24, 2.45) is 11.0 Å². The molecule has 28 heavy (non-hydrogen) atoms. The number of carbonyl (C=O) groups excluding carboxylic acids is 2. The number of likely N-dealkylation sites (tertiary alicyclic amines) is 1. The predicted molar refractivity (Wildman–Crippen MR) is 110 cm³/mol. The molecule has 6 heteroatoms. The molecule has 0 aromatic carbocycles. The van der Waals surface area contributed by atoms with Gasteiger partial charge in [0.2, 0.25) is 5.91 Å². The van der Waals surface area contributed by atoms with Gasteiger partial charge >= 0.3 is 0 Å². The normalized spacial score (nSPS) is 32.0. The number of hydrogen-bond acceptors (Lipinski definition) is 4. The Bertz CT molecular complexity index is 628. The van der Waals surface area contributed by atoms with Crippen LogP contribution in [0.15, 0.2) is 5.10 Å². The fourth-order valence-electron chi connectivity index (χ4n) is 5.96. The van der Waals surface area contributed by atoms with Crippen molar-refractivity contribution in [3.8, 4) is 0 Å². The Hall–Kier alpha value is -1.59. The summed E-state index contributed by atoms with van der Waals surface area (Å²) in [7, 11) is 0. The Labute approximate surface area is 169 Å². The molecule has 0 unspecified atom stereocenters. The number of nitrogens with zero attached hydrogens (tertiary/aromatic N) is 3. The van der Waals surface area contributed by atoms with E-state index in [1.165, 1.54) is 12.8 Å². The van der Waals surface area contributed by atoms with Crippen molar-refractivity contribution < 1.29 is 9.59 Å². The number of hydrazone groups is 1. The van der Waals surface area contributed by atoms with Gasteiger partial charge in [-0.2, -0.15) is 5.10 Å². The smallest absolute Gasteiger partial charge is 0.270 e. The second-order valence-electron chi connectivity index (χ2n) is 9.18. The third-order valence-corrected chi connectivity index (χ3v) is 7.38. The van der Waals surface area contributed by atoms with Crippen LogP contribution < -0.4 is 5.32 Å². The van der Waals surface area contributed by atoms with Gasteiger partial charge in [-0.15, -0.1) is 0 Å². The Morgan fingerprint density at radius 2 is 1.86 bits per heavy atom. The molecule has 4 aliphatic rings. The topological polar surface area (TPSA) is 65.0 Å². The van der Waals surface area contributed by atoms with Crippen LogP contribution in [0.4, 0.5) is 0 Å². The molecular formula is C22H36N4O2. The van der Waals surface area contributed by atoms with Crippen LogP contribution in [0.3, 0.4) is 0 Å². The molecule has 0 aromatic heterocycles. The molecule has 6 nitrogen and oxygen atoms in total. The van der Waals surface area contributed by atoms with Gasteiger partial charge in [0, 0.05) is 32.0 Å². The van der Waals surface area contributed by atoms with Crippen LogP contribution in [0.25, 0.3) is 0 Å². The van der Waals surface area contributed by atoms with E-state index in [4.69, 9.17) is 5.10 Å². The second-order valence-corrected chi connectivity index (χ2v) is 9.18. The van der Waals surface area contributed by atoms with Crippen LogP contribution in [-0.2, 0) is 9.59 Å². The van der Waals surface area contributed by atoms with E-state index < -0.39 is 0 Å². The van der Waals surface area contributed by atoms with E-state index in [1.807, 2.05) is 4.90 Å². The first-order chi connectivity index (χ1) is 13.7. The third kappa shape index (κ3) is 3.55. The molecule has 1 saturated carbocycles. The number of nitrogens with one attached hydrogen (secondary N) is 1. The Kier molecular flexibility index (Phi) is 5.93.